The molecule has 0 aliphatic heterocycles. The molecule has 0 amide bonds. The average molecular weight is 272 g/mol. The molecule has 6 nitrogen and oxygen atoms in total. The lowest BCUT2D eigenvalue weighted by molar-refractivity contribution is -0.385. The van der Waals surface area contributed by atoms with E-state index in [0.717, 1.165) is 0 Å². The number of aromatic nitrogens is 1. The van der Waals surface area contributed by atoms with Crippen LogP contribution in [0.1, 0.15) is 23.0 Å². The standard InChI is InChI=1S/C14H12N2O4/c1-9-14(4-3-7-15-9)20-11-5-6-12(10(2)17)13(8-11)16(18)19/h3-8H,1-2H3. The van der Waals surface area contributed by atoms with Crippen molar-refractivity contribution in [3.63, 3.8) is 0 Å². The maximum absolute atomic E-state index is 11.3. The highest BCUT2D eigenvalue weighted by Crippen LogP contribution is 2.29. The van der Waals surface area contributed by atoms with Crippen LogP contribution in [0.4, 0.5) is 5.69 Å². The molecule has 0 aliphatic carbocycles. The Morgan fingerprint density at radius 2 is 2.10 bits per heavy atom. The molecule has 1 heterocycles. The van der Waals surface area contributed by atoms with E-state index >= 15 is 0 Å². The first kappa shape index (κ1) is 13.7. The summed E-state index contributed by atoms with van der Waals surface area (Å²) < 4.78 is 5.56. The second-order valence-corrected chi connectivity index (χ2v) is 4.18. The molecule has 20 heavy (non-hydrogen) atoms. The highest BCUT2D eigenvalue weighted by Gasteiger charge is 2.18. The van der Waals surface area contributed by atoms with Gasteiger partial charge in [0, 0.05) is 6.20 Å². The Hall–Kier alpha value is -2.76. The van der Waals surface area contributed by atoms with Crippen LogP contribution in [0, 0.1) is 17.0 Å². The molecule has 1 aromatic carbocycles. The summed E-state index contributed by atoms with van der Waals surface area (Å²) in [5.41, 5.74) is 0.465. The lowest BCUT2D eigenvalue weighted by Crippen LogP contribution is -2.00. The summed E-state index contributed by atoms with van der Waals surface area (Å²) in [7, 11) is 0. The van der Waals surface area contributed by atoms with Crippen LogP contribution < -0.4 is 4.74 Å². The summed E-state index contributed by atoms with van der Waals surface area (Å²) in [6.45, 7) is 3.06. The van der Waals surface area contributed by atoms with Crippen LogP contribution in [0.3, 0.4) is 0 Å². The van der Waals surface area contributed by atoms with Gasteiger partial charge >= 0.3 is 0 Å². The fraction of sp³-hybridized carbons (Fsp3) is 0.143. The quantitative estimate of drug-likeness (QED) is 0.484. The minimum absolute atomic E-state index is 0.0604. The van der Waals surface area contributed by atoms with Gasteiger partial charge in [-0.3, -0.25) is 19.9 Å². The van der Waals surface area contributed by atoms with Crippen LogP contribution >= 0.6 is 0 Å². The average Bonchev–Trinajstić information content (AvgIpc) is 2.41. The molecule has 0 saturated carbocycles. The predicted octanol–water partition coefficient (Wildman–Crippen LogP) is 3.29. The summed E-state index contributed by atoms with van der Waals surface area (Å²) in [6.07, 6.45) is 1.63. The number of pyridine rings is 1. The van der Waals surface area contributed by atoms with Crippen LogP contribution in [0.2, 0.25) is 0 Å². The first-order valence-electron chi connectivity index (χ1n) is 5.88. The van der Waals surface area contributed by atoms with Crippen molar-refractivity contribution < 1.29 is 14.5 Å². The van der Waals surface area contributed by atoms with E-state index < -0.39 is 4.92 Å². The summed E-state index contributed by atoms with van der Waals surface area (Å²) >= 11 is 0. The van der Waals surface area contributed by atoms with E-state index in [-0.39, 0.29) is 22.8 Å². The SMILES string of the molecule is CC(=O)c1ccc(Oc2cccnc2C)cc1[N+](=O)[O-]. The highest BCUT2D eigenvalue weighted by atomic mass is 16.6. The molecule has 2 rings (SSSR count). The van der Waals surface area contributed by atoms with Crippen LogP contribution in [-0.2, 0) is 0 Å². The van der Waals surface area contributed by atoms with Crippen molar-refractivity contribution in [3.8, 4) is 11.5 Å². The van der Waals surface area contributed by atoms with Gasteiger partial charge < -0.3 is 4.74 Å². The van der Waals surface area contributed by atoms with Gasteiger partial charge in [-0.05, 0) is 38.1 Å². The zero-order valence-corrected chi connectivity index (χ0v) is 11.0. The second-order valence-electron chi connectivity index (χ2n) is 4.18. The number of aryl methyl sites for hydroxylation is 1. The molecule has 1 aromatic heterocycles. The fourth-order valence-corrected chi connectivity index (χ4v) is 1.73. The molecule has 0 N–H and O–H groups in total. The number of benzene rings is 1. The Morgan fingerprint density at radius 3 is 2.70 bits per heavy atom. The molecule has 0 fully saturated rings. The van der Waals surface area contributed by atoms with Gasteiger partial charge in [-0.2, -0.15) is 0 Å². The van der Waals surface area contributed by atoms with Crippen molar-refractivity contribution >= 4 is 11.5 Å². The molecule has 2 aromatic rings. The number of Topliss-reactive ketones (excluding diaryl/α,β-unsaturated/α-hetero) is 1. The molecule has 6 heteroatoms. The third-order valence-corrected chi connectivity index (χ3v) is 2.73. The van der Waals surface area contributed by atoms with Crippen molar-refractivity contribution in [2.75, 3.05) is 0 Å². The minimum atomic E-state index is -0.598. The van der Waals surface area contributed by atoms with Crippen LogP contribution in [-0.4, -0.2) is 15.7 Å². The number of ketones is 1. The summed E-state index contributed by atoms with van der Waals surface area (Å²) in [6, 6.07) is 7.58. The maximum atomic E-state index is 11.3. The van der Waals surface area contributed by atoms with Gasteiger partial charge in [-0.25, -0.2) is 0 Å². The first-order chi connectivity index (χ1) is 9.49. The normalized spacial score (nSPS) is 10.1. The molecule has 0 atom stereocenters. The highest BCUT2D eigenvalue weighted by molar-refractivity contribution is 5.98. The lowest BCUT2D eigenvalue weighted by Gasteiger charge is -2.08. The Labute approximate surface area is 115 Å². The minimum Gasteiger partial charge on any atom is -0.455 e. The number of hydrogen-bond donors (Lipinski definition) is 0. The molecule has 0 unspecified atom stereocenters. The lowest BCUT2D eigenvalue weighted by atomic mass is 10.1. The van der Waals surface area contributed by atoms with Gasteiger partial charge in [-0.15, -0.1) is 0 Å². The zero-order valence-electron chi connectivity index (χ0n) is 11.0. The Morgan fingerprint density at radius 1 is 1.35 bits per heavy atom. The van der Waals surface area contributed by atoms with Crippen molar-refractivity contribution in [2.24, 2.45) is 0 Å². The van der Waals surface area contributed by atoms with E-state index in [9.17, 15) is 14.9 Å². The number of carbonyl (C=O) groups excluding carboxylic acids is 1. The van der Waals surface area contributed by atoms with Crippen molar-refractivity contribution in [3.05, 3.63) is 57.9 Å². The Bertz CT molecular complexity index is 683. The Kier molecular flexibility index (Phi) is 3.74. The summed E-state index contributed by atoms with van der Waals surface area (Å²) in [5, 5.41) is 11.0. The molecule has 0 radical (unpaired) electrons. The van der Waals surface area contributed by atoms with Gasteiger partial charge in [0.05, 0.1) is 22.2 Å². The molecule has 102 valence electrons. The van der Waals surface area contributed by atoms with E-state index in [1.807, 2.05) is 0 Å². The molecule has 0 saturated heterocycles. The summed E-state index contributed by atoms with van der Waals surface area (Å²) in [5.74, 6) is 0.441. The van der Waals surface area contributed by atoms with Gasteiger partial charge in [0.2, 0.25) is 0 Å². The first-order valence-corrected chi connectivity index (χ1v) is 5.88. The molecular formula is C14H12N2O4. The van der Waals surface area contributed by atoms with Crippen LogP contribution in [0.25, 0.3) is 0 Å². The topological polar surface area (TPSA) is 82.3 Å². The smallest absolute Gasteiger partial charge is 0.283 e. The van der Waals surface area contributed by atoms with Gasteiger partial charge in [0.15, 0.2) is 5.78 Å². The number of nitrogens with zero attached hydrogens (tertiary/aromatic N) is 2. The summed E-state index contributed by atoms with van der Waals surface area (Å²) in [4.78, 5) is 25.8. The zero-order chi connectivity index (χ0) is 14.7. The third kappa shape index (κ3) is 2.80. The Balaban J connectivity index is 2.40. The molecule has 0 aliphatic rings. The second kappa shape index (κ2) is 5.48. The van der Waals surface area contributed by atoms with Crippen molar-refractivity contribution in [1.82, 2.24) is 4.98 Å². The number of ether oxygens (including phenoxy) is 1. The number of nitro benzene ring substituents is 1. The maximum Gasteiger partial charge on any atom is 0.283 e. The van der Waals surface area contributed by atoms with E-state index in [1.54, 1.807) is 25.3 Å². The number of carbonyl (C=O) groups is 1. The van der Waals surface area contributed by atoms with Crippen LogP contribution in [0.15, 0.2) is 36.5 Å². The number of hydrogen-bond acceptors (Lipinski definition) is 5. The van der Waals surface area contributed by atoms with Gasteiger partial charge in [0.1, 0.15) is 11.5 Å². The largest absolute Gasteiger partial charge is 0.455 e. The molecule has 0 spiro atoms. The fourth-order valence-electron chi connectivity index (χ4n) is 1.73. The number of nitro groups is 1. The molecular weight excluding hydrogens is 260 g/mol. The van der Waals surface area contributed by atoms with Crippen molar-refractivity contribution in [2.45, 2.75) is 13.8 Å². The van der Waals surface area contributed by atoms with E-state index in [2.05, 4.69) is 4.98 Å². The number of rotatable bonds is 4. The van der Waals surface area contributed by atoms with E-state index in [0.29, 0.717) is 11.4 Å². The van der Waals surface area contributed by atoms with E-state index in [4.69, 9.17) is 4.74 Å². The third-order valence-electron chi connectivity index (χ3n) is 2.73. The monoisotopic (exact) mass is 272 g/mol. The van der Waals surface area contributed by atoms with Gasteiger partial charge in [0.25, 0.3) is 5.69 Å². The van der Waals surface area contributed by atoms with Crippen LogP contribution in [0.5, 0.6) is 11.5 Å². The van der Waals surface area contributed by atoms with E-state index in [1.165, 1.54) is 25.1 Å². The van der Waals surface area contributed by atoms with Crippen molar-refractivity contribution in [1.29, 1.82) is 0 Å². The van der Waals surface area contributed by atoms with Gasteiger partial charge in [-0.1, -0.05) is 0 Å². The predicted molar refractivity (Wildman–Crippen MR) is 72.1 cm³/mol. The molecule has 0 bridgehead atoms.